The largest absolute Gasteiger partial charge is 0.466 e. The highest BCUT2D eigenvalue weighted by Gasteiger charge is 1.98. The van der Waals surface area contributed by atoms with Crippen molar-refractivity contribution in [3.05, 3.63) is 71.3 Å². The van der Waals surface area contributed by atoms with Gasteiger partial charge in [-0.25, -0.2) is 0 Å². The molecule has 0 aromatic heterocycles. The third kappa shape index (κ3) is 4.88. The number of esters is 1. The molecular formula is C18H20O2. The van der Waals surface area contributed by atoms with E-state index in [1.807, 2.05) is 6.07 Å². The maximum absolute atomic E-state index is 10.7. The van der Waals surface area contributed by atoms with E-state index in [0.717, 1.165) is 19.3 Å². The van der Waals surface area contributed by atoms with Crippen molar-refractivity contribution < 1.29 is 9.53 Å². The molecule has 0 saturated heterocycles. The van der Waals surface area contributed by atoms with Crippen molar-refractivity contribution in [2.75, 3.05) is 6.61 Å². The van der Waals surface area contributed by atoms with Gasteiger partial charge in [0.1, 0.15) is 0 Å². The van der Waals surface area contributed by atoms with Crippen molar-refractivity contribution in [1.29, 1.82) is 0 Å². The summed E-state index contributed by atoms with van der Waals surface area (Å²) in [5.41, 5.74) is 3.91. The molecule has 2 nitrogen and oxygen atoms in total. The molecule has 2 aromatic rings. The summed E-state index contributed by atoms with van der Waals surface area (Å²) in [5, 5.41) is 0. The van der Waals surface area contributed by atoms with Crippen LogP contribution in [0.15, 0.2) is 54.6 Å². The number of rotatable bonds is 6. The van der Waals surface area contributed by atoms with E-state index in [0.29, 0.717) is 6.61 Å². The Morgan fingerprint density at radius 1 is 0.800 bits per heavy atom. The molecule has 0 heterocycles. The number of benzene rings is 2. The van der Waals surface area contributed by atoms with Gasteiger partial charge in [0.25, 0.3) is 0 Å². The van der Waals surface area contributed by atoms with Crippen LogP contribution in [-0.2, 0) is 28.8 Å². The van der Waals surface area contributed by atoms with Crippen LogP contribution < -0.4 is 0 Å². The van der Waals surface area contributed by atoms with Crippen molar-refractivity contribution in [3.8, 4) is 0 Å². The van der Waals surface area contributed by atoms with Crippen LogP contribution >= 0.6 is 0 Å². The first kappa shape index (κ1) is 14.3. The van der Waals surface area contributed by atoms with E-state index in [2.05, 4.69) is 48.5 Å². The minimum atomic E-state index is -0.218. The van der Waals surface area contributed by atoms with Gasteiger partial charge >= 0.3 is 5.97 Å². The number of ether oxygens (including phenoxy) is 1. The van der Waals surface area contributed by atoms with Crippen molar-refractivity contribution in [3.63, 3.8) is 0 Å². The van der Waals surface area contributed by atoms with E-state index < -0.39 is 0 Å². The molecule has 0 aliphatic heterocycles. The Morgan fingerprint density at radius 2 is 1.30 bits per heavy atom. The second-order valence-corrected chi connectivity index (χ2v) is 4.89. The van der Waals surface area contributed by atoms with E-state index in [-0.39, 0.29) is 5.97 Å². The molecule has 0 aliphatic rings. The fraction of sp³-hybridized carbons (Fsp3) is 0.278. The van der Waals surface area contributed by atoms with Crippen LogP contribution in [0.1, 0.15) is 23.6 Å². The number of hydrogen-bond acceptors (Lipinski definition) is 2. The van der Waals surface area contributed by atoms with Gasteiger partial charge in [-0.05, 0) is 29.5 Å². The maximum atomic E-state index is 10.7. The quantitative estimate of drug-likeness (QED) is 0.749. The molecule has 0 spiro atoms. The minimum Gasteiger partial charge on any atom is -0.466 e. The summed E-state index contributed by atoms with van der Waals surface area (Å²) in [7, 11) is 0. The molecule has 2 aromatic carbocycles. The topological polar surface area (TPSA) is 26.3 Å². The Labute approximate surface area is 120 Å². The molecule has 0 saturated carbocycles. The van der Waals surface area contributed by atoms with Crippen LogP contribution in [0, 0.1) is 0 Å². The summed E-state index contributed by atoms with van der Waals surface area (Å²) in [4.78, 5) is 10.7. The highest BCUT2D eigenvalue weighted by molar-refractivity contribution is 5.65. The van der Waals surface area contributed by atoms with Gasteiger partial charge in [-0.3, -0.25) is 4.79 Å². The van der Waals surface area contributed by atoms with E-state index in [4.69, 9.17) is 4.74 Å². The SMILES string of the molecule is CC(=O)OCCc1ccc(CCc2ccccc2)cc1. The van der Waals surface area contributed by atoms with Gasteiger partial charge < -0.3 is 4.74 Å². The average molecular weight is 268 g/mol. The molecule has 20 heavy (non-hydrogen) atoms. The predicted molar refractivity (Wildman–Crippen MR) is 80.6 cm³/mol. The Bertz CT molecular complexity index is 529. The molecule has 0 N–H and O–H groups in total. The Morgan fingerprint density at radius 3 is 1.85 bits per heavy atom. The first-order chi connectivity index (χ1) is 9.74. The summed E-state index contributed by atoms with van der Waals surface area (Å²) in [5.74, 6) is -0.218. The normalized spacial score (nSPS) is 10.2. The Balaban J connectivity index is 1.81. The molecule has 0 radical (unpaired) electrons. The van der Waals surface area contributed by atoms with Gasteiger partial charge in [0.2, 0.25) is 0 Å². The summed E-state index contributed by atoms with van der Waals surface area (Å²) >= 11 is 0. The van der Waals surface area contributed by atoms with Crippen molar-refractivity contribution in [2.45, 2.75) is 26.2 Å². The zero-order valence-corrected chi connectivity index (χ0v) is 11.8. The molecule has 2 heteroatoms. The lowest BCUT2D eigenvalue weighted by Gasteiger charge is -2.05. The molecule has 2 rings (SSSR count). The van der Waals surface area contributed by atoms with Gasteiger partial charge in [0.15, 0.2) is 0 Å². The standard InChI is InChI=1S/C18H20O2/c1-15(19)20-14-13-18-11-9-17(10-12-18)8-7-16-5-3-2-4-6-16/h2-6,9-12H,7-8,13-14H2,1H3. The monoisotopic (exact) mass is 268 g/mol. The van der Waals surface area contributed by atoms with Crippen molar-refractivity contribution >= 4 is 5.97 Å². The van der Waals surface area contributed by atoms with Gasteiger partial charge in [0, 0.05) is 13.3 Å². The van der Waals surface area contributed by atoms with Crippen LogP contribution in [0.3, 0.4) is 0 Å². The average Bonchev–Trinajstić information content (AvgIpc) is 2.47. The van der Waals surface area contributed by atoms with E-state index in [9.17, 15) is 4.79 Å². The molecular weight excluding hydrogens is 248 g/mol. The minimum absolute atomic E-state index is 0.218. The number of carbonyl (C=O) groups excluding carboxylic acids is 1. The van der Waals surface area contributed by atoms with Crippen LogP contribution in [0.5, 0.6) is 0 Å². The van der Waals surface area contributed by atoms with Crippen LogP contribution in [0.2, 0.25) is 0 Å². The first-order valence-corrected chi connectivity index (χ1v) is 6.99. The van der Waals surface area contributed by atoms with E-state index in [1.165, 1.54) is 23.6 Å². The highest BCUT2D eigenvalue weighted by atomic mass is 16.5. The molecule has 0 fully saturated rings. The zero-order chi connectivity index (χ0) is 14.2. The lowest BCUT2D eigenvalue weighted by molar-refractivity contribution is -0.140. The molecule has 0 aliphatic carbocycles. The number of aryl methyl sites for hydroxylation is 2. The summed E-state index contributed by atoms with van der Waals surface area (Å²) in [6, 6.07) is 19.1. The van der Waals surface area contributed by atoms with Crippen LogP contribution in [0.4, 0.5) is 0 Å². The highest BCUT2D eigenvalue weighted by Crippen LogP contribution is 2.09. The van der Waals surface area contributed by atoms with Gasteiger partial charge in [0.05, 0.1) is 6.61 Å². The zero-order valence-electron chi connectivity index (χ0n) is 11.8. The fourth-order valence-electron chi connectivity index (χ4n) is 2.12. The third-order valence-corrected chi connectivity index (χ3v) is 3.26. The molecule has 0 bridgehead atoms. The van der Waals surface area contributed by atoms with E-state index in [1.54, 1.807) is 0 Å². The van der Waals surface area contributed by atoms with Crippen molar-refractivity contribution in [2.24, 2.45) is 0 Å². The summed E-state index contributed by atoms with van der Waals surface area (Å²) in [6.45, 7) is 1.89. The molecule has 0 unspecified atom stereocenters. The Kier molecular flexibility index (Phi) is 5.36. The number of carbonyl (C=O) groups is 1. The second-order valence-electron chi connectivity index (χ2n) is 4.89. The number of hydrogen-bond donors (Lipinski definition) is 0. The molecule has 0 atom stereocenters. The van der Waals surface area contributed by atoms with Crippen LogP contribution in [-0.4, -0.2) is 12.6 Å². The maximum Gasteiger partial charge on any atom is 0.302 e. The lowest BCUT2D eigenvalue weighted by atomic mass is 10.0. The van der Waals surface area contributed by atoms with E-state index >= 15 is 0 Å². The lowest BCUT2D eigenvalue weighted by Crippen LogP contribution is -2.03. The van der Waals surface area contributed by atoms with Crippen LogP contribution in [0.25, 0.3) is 0 Å². The smallest absolute Gasteiger partial charge is 0.302 e. The fourth-order valence-corrected chi connectivity index (χ4v) is 2.12. The van der Waals surface area contributed by atoms with Gasteiger partial charge in [-0.1, -0.05) is 54.6 Å². The predicted octanol–water partition coefficient (Wildman–Crippen LogP) is 3.58. The molecule has 0 amide bonds. The molecule has 104 valence electrons. The van der Waals surface area contributed by atoms with Crippen molar-refractivity contribution in [1.82, 2.24) is 0 Å². The van der Waals surface area contributed by atoms with Gasteiger partial charge in [-0.15, -0.1) is 0 Å². The first-order valence-electron chi connectivity index (χ1n) is 6.99. The van der Waals surface area contributed by atoms with Gasteiger partial charge in [-0.2, -0.15) is 0 Å². The second kappa shape index (κ2) is 7.49. The Hall–Kier alpha value is -2.09. The summed E-state index contributed by atoms with van der Waals surface area (Å²) < 4.78 is 4.94. The summed E-state index contributed by atoms with van der Waals surface area (Å²) in [6.07, 6.45) is 2.89. The third-order valence-electron chi connectivity index (χ3n) is 3.26.